The number of nitro groups is 1. The van der Waals surface area contributed by atoms with Crippen molar-refractivity contribution in [3.05, 3.63) is 41.1 Å². The molecule has 1 atom stereocenters. The number of hydrogen-bond acceptors (Lipinski definition) is 8. The van der Waals surface area contributed by atoms with E-state index in [2.05, 4.69) is 25.4 Å². The lowest BCUT2D eigenvalue weighted by Crippen LogP contribution is -2.40. The summed E-state index contributed by atoms with van der Waals surface area (Å²) in [5.74, 6) is 0.563. The second kappa shape index (κ2) is 6.54. The molecule has 1 fully saturated rings. The molecule has 1 saturated heterocycles. The molecule has 10 heteroatoms. The number of aromatic nitrogens is 5. The first-order chi connectivity index (χ1) is 12.9. The fourth-order valence-corrected chi connectivity index (χ4v) is 3.30. The first-order valence-electron chi connectivity index (χ1n) is 8.63. The molecule has 0 aliphatic carbocycles. The Bertz CT molecular complexity index is 1000. The lowest BCUT2D eigenvalue weighted by molar-refractivity contribution is -0.384. The summed E-state index contributed by atoms with van der Waals surface area (Å²) < 4.78 is 7.37. The van der Waals surface area contributed by atoms with Gasteiger partial charge >= 0.3 is 5.69 Å². The highest BCUT2D eigenvalue weighted by Gasteiger charge is 2.31. The van der Waals surface area contributed by atoms with Crippen LogP contribution in [0.4, 0.5) is 11.5 Å². The molecule has 1 N–H and O–H groups in total. The average molecular weight is 369 g/mol. The van der Waals surface area contributed by atoms with Crippen molar-refractivity contribution in [2.45, 2.75) is 38.3 Å². The van der Waals surface area contributed by atoms with Crippen LogP contribution in [0, 0.1) is 10.1 Å². The second-order valence-electron chi connectivity index (χ2n) is 7.09. The van der Waals surface area contributed by atoms with E-state index >= 15 is 0 Å². The lowest BCUT2D eigenvalue weighted by atomic mass is 9.94. The Hall–Kier alpha value is -3.14. The van der Waals surface area contributed by atoms with E-state index in [0.29, 0.717) is 18.0 Å². The second-order valence-corrected chi connectivity index (χ2v) is 7.09. The smallest absolute Gasteiger partial charge is 0.329 e. The van der Waals surface area contributed by atoms with Crippen molar-refractivity contribution < 1.29 is 9.66 Å². The molecule has 4 rings (SSSR count). The predicted molar refractivity (Wildman–Crippen MR) is 97.3 cm³/mol. The molecule has 10 nitrogen and oxygen atoms in total. The van der Waals surface area contributed by atoms with Crippen LogP contribution in [-0.2, 0) is 4.74 Å². The highest BCUT2D eigenvalue weighted by molar-refractivity contribution is 5.76. The van der Waals surface area contributed by atoms with Gasteiger partial charge in [0.15, 0.2) is 5.82 Å². The number of hydrogen-bond donors (Lipinski definition) is 1. The number of fused-ring (bicyclic) bond motifs is 1. The summed E-state index contributed by atoms with van der Waals surface area (Å²) in [6.45, 7) is 4.61. The van der Waals surface area contributed by atoms with Gasteiger partial charge in [0.1, 0.15) is 6.20 Å². The summed E-state index contributed by atoms with van der Waals surface area (Å²) in [7, 11) is 0. The maximum atomic E-state index is 11.4. The number of ether oxygens (including phenoxy) is 1. The van der Waals surface area contributed by atoms with Crippen LogP contribution >= 0.6 is 0 Å². The summed E-state index contributed by atoms with van der Waals surface area (Å²) in [6, 6.07) is 0.0285. The molecule has 4 heterocycles. The summed E-state index contributed by atoms with van der Waals surface area (Å²) in [5.41, 5.74) is 0.949. The van der Waals surface area contributed by atoms with Gasteiger partial charge in [0.25, 0.3) is 0 Å². The zero-order chi connectivity index (χ0) is 19.0. The number of rotatable bonds is 4. The van der Waals surface area contributed by atoms with Crippen LogP contribution in [0.1, 0.15) is 26.7 Å². The van der Waals surface area contributed by atoms with Gasteiger partial charge in [0, 0.05) is 25.0 Å². The molecule has 0 aromatic carbocycles. The summed E-state index contributed by atoms with van der Waals surface area (Å²) in [5, 5.41) is 18.9. The summed E-state index contributed by atoms with van der Waals surface area (Å²) >= 11 is 0. The van der Waals surface area contributed by atoms with Crippen molar-refractivity contribution in [2.75, 3.05) is 11.9 Å². The third kappa shape index (κ3) is 3.43. The molecule has 27 heavy (non-hydrogen) atoms. The van der Waals surface area contributed by atoms with Crippen LogP contribution in [0.25, 0.3) is 16.9 Å². The van der Waals surface area contributed by atoms with Gasteiger partial charge in [-0.15, -0.1) is 0 Å². The normalized spacial score (nSPS) is 19.1. The Balaban J connectivity index is 1.71. The molecular weight excluding hydrogens is 350 g/mol. The number of nitrogens with one attached hydrogen (secondary N) is 1. The third-order valence-electron chi connectivity index (χ3n) is 4.57. The van der Waals surface area contributed by atoms with Gasteiger partial charge in [-0.2, -0.15) is 5.10 Å². The van der Waals surface area contributed by atoms with E-state index in [0.717, 1.165) is 18.4 Å². The van der Waals surface area contributed by atoms with E-state index in [1.165, 1.54) is 6.20 Å². The minimum absolute atomic E-state index is 0.0285. The van der Waals surface area contributed by atoms with Gasteiger partial charge in [0.2, 0.25) is 5.82 Å². The van der Waals surface area contributed by atoms with Gasteiger partial charge in [-0.3, -0.25) is 15.1 Å². The quantitative estimate of drug-likeness (QED) is 0.550. The molecule has 1 aliphatic heterocycles. The van der Waals surface area contributed by atoms with E-state index in [-0.39, 0.29) is 23.1 Å². The van der Waals surface area contributed by atoms with E-state index in [1.807, 2.05) is 13.8 Å². The third-order valence-corrected chi connectivity index (χ3v) is 4.57. The maximum absolute atomic E-state index is 11.4. The van der Waals surface area contributed by atoms with Crippen LogP contribution in [-0.4, -0.2) is 47.7 Å². The molecule has 1 aliphatic rings. The van der Waals surface area contributed by atoms with Crippen LogP contribution in [0.15, 0.2) is 31.0 Å². The van der Waals surface area contributed by atoms with E-state index in [1.54, 1.807) is 29.3 Å². The van der Waals surface area contributed by atoms with Crippen molar-refractivity contribution in [3.63, 3.8) is 0 Å². The standard InChI is InChI=1S/C17H19N7O3/c1-17(2)7-11(3-6-27-17)21-16-14(24(25)26)10-19-15(22-16)12-8-20-23-5-4-18-9-13(12)23/h4-5,8-11H,3,6-7H2,1-2H3,(H,19,21,22). The monoisotopic (exact) mass is 369 g/mol. The lowest BCUT2D eigenvalue weighted by Gasteiger charge is -2.35. The molecule has 0 amide bonds. The number of anilines is 1. The minimum Gasteiger partial charge on any atom is -0.375 e. The highest BCUT2D eigenvalue weighted by Crippen LogP contribution is 2.31. The Labute approximate surface area is 154 Å². The first kappa shape index (κ1) is 17.3. The van der Waals surface area contributed by atoms with Crippen LogP contribution in [0.2, 0.25) is 0 Å². The highest BCUT2D eigenvalue weighted by atomic mass is 16.6. The van der Waals surface area contributed by atoms with E-state index in [4.69, 9.17) is 4.74 Å². The zero-order valence-corrected chi connectivity index (χ0v) is 15.0. The molecule has 3 aromatic rings. The number of nitrogens with zero attached hydrogens (tertiary/aromatic N) is 6. The average Bonchev–Trinajstić information content (AvgIpc) is 3.04. The molecule has 1 unspecified atom stereocenters. The Morgan fingerprint density at radius 3 is 3.00 bits per heavy atom. The SMILES string of the molecule is CC1(C)CC(Nc2nc(-c3cnn4ccncc34)ncc2[N+](=O)[O-])CCO1. The van der Waals surface area contributed by atoms with Crippen LogP contribution in [0.5, 0.6) is 0 Å². The molecule has 140 valence electrons. The molecule has 0 saturated carbocycles. The maximum Gasteiger partial charge on any atom is 0.329 e. The topological polar surface area (TPSA) is 120 Å². The predicted octanol–water partition coefficient (Wildman–Crippen LogP) is 2.46. The van der Waals surface area contributed by atoms with Crippen molar-refractivity contribution in [1.29, 1.82) is 0 Å². The van der Waals surface area contributed by atoms with Crippen LogP contribution in [0.3, 0.4) is 0 Å². The fourth-order valence-electron chi connectivity index (χ4n) is 3.30. The van der Waals surface area contributed by atoms with Crippen LogP contribution < -0.4 is 5.32 Å². The molecule has 0 spiro atoms. The largest absolute Gasteiger partial charge is 0.375 e. The zero-order valence-electron chi connectivity index (χ0n) is 15.0. The van der Waals surface area contributed by atoms with Gasteiger partial charge in [-0.25, -0.2) is 14.5 Å². The Kier molecular flexibility index (Phi) is 4.19. The van der Waals surface area contributed by atoms with Gasteiger partial charge < -0.3 is 10.1 Å². The van der Waals surface area contributed by atoms with Crippen molar-refractivity contribution in [2.24, 2.45) is 0 Å². The minimum atomic E-state index is -0.478. The first-order valence-corrected chi connectivity index (χ1v) is 8.63. The molecule has 0 radical (unpaired) electrons. The Morgan fingerprint density at radius 2 is 2.22 bits per heavy atom. The van der Waals surface area contributed by atoms with Gasteiger partial charge in [0.05, 0.1) is 34.0 Å². The van der Waals surface area contributed by atoms with Crippen molar-refractivity contribution >= 4 is 17.0 Å². The summed E-state index contributed by atoms with van der Waals surface area (Å²) in [6.07, 6.45) is 9.33. The molecule has 3 aromatic heterocycles. The van der Waals surface area contributed by atoms with E-state index < -0.39 is 4.92 Å². The van der Waals surface area contributed by atoms with Crippen molar-refractivity contribution in [1.82, 2.24) is 24.6 Å². The molecular formula is C17H19N7O3. The molecule has 0 bridgehead atoms. The fraction of sp³-hybridized carbons (Fsp3) is 0.412. The van der Waals surface area contributed by atoms with Gasteiger partial charge in [-0.1, -0.05) is 0 Å². The van der Waals surface area contributed by atoms with E-state index in [9.17, 15) is 10.1 Å². The van der Waals surface area contributed by atoms with Gasteiger partial charge in [-0.05, 0) is 26.7 Å². The summed E-state index contributed by atoms with van der Waals surface area (Å²) in [4.78, 5) is 23.7. The van der Waals surface area contributed by atoms with Crippen molar-refractivity contribution in [3.8, 4) is 11.4 Å². The Morgan fingerprint density at radius 1 is 1.37 bits per heavy atom.